The van der Waals surface area contributed by atoms with E-state index in [1.54, 1.807) is 19.1 Å². The van der Waals surface area contributed by atoms with E-state index >= 15 is 0 Å². The molecule has 1 rings (SSSR count). The lowest BCUT2D eigenvalue weighted by atomic mass is 10.1. The molecule has 0 bridgehead atoms. The molecule has 0 aliphatic rings. The van der Waals surface area contributed by atoms with Crippen LogP contribution in [0.25, 0.3) is 0 Å². The Morgan fingerprint density at radius 2 is 1.92 bits per heavy atom. The van der Waals surface area contributed by atoms with Gasteiger partial charge in [0.1, 0.15) is 10.3 Å². The first kappa shape index (κ1) is 10.8. The Morgan fingerprint density at radius 3 is 2.38 bits per heavy atom. The summed E-state index contributed by atoms with van der Waals surface area (Å²) in [6, 6.07) is 3.52. The molecule has 1 N–H and O–H groups in total. The van der Waals surface area contributed by atoms with Crippen molar-refractivity contribution in [1.82, 2.24) is 4.98 Å². The summed E-state index contributed by atoms with van der Waals surface area (Å²) >= 11 is 11.4. The molecule has 0 amide bonds. The van der Waals surface area contributed by atoms with Crippen LogP contribution in [0.5, 0.6) is 0 Å². The van der Waals surface area contributed by atoms with Gasteiger partial charge in [0, 0.05) is 0 Å². The van der Waals surface area contributed by atoms with E-state index in [2.05, 4.69) is 4.98 Å². The number of aliphatic hydroxyl groups excluding tert-OH is 1. The van der Waals surface area contributed by atoms with Crippen molar-refractivity contribution in [2.75, 3.05) is 0 Å². The zero-order valence-electron chi connectivity index (χ0n) is 7.30. The van der Waals surface area contributed by atoms with E-state index in [1.807, 2.05) is 0 Å². The quantitative estimate of drug-likeness (QED) is 0.794. The van der Waals surface area contributed by atoms with E-state index in [1.165, 1.54) is 0 Å². The maximum atomic E-state index is 9.07. The number of halogens is 2. The molecule has 1 aromatic heterocycles. The lowest BCUT2D eigenvalue weighted by molar-refractivity contribution is 0.185. The molecule has 13 heavy (non-hydrogen) atoms. The molecule has 1 heterocycles. The van der Waals surface area contributed by atoms with E-state index in [0.29, 0.717) is 16.7 Å². The Bertz CT molecular complexity index is 269. The lowest BCUT2D eigenvalue weighted by Gasteiger charge is -2.04. The van der Waals surface area contributed by atoms with Gasteiger partial charge in [0.05, 0.1) is 6.10 Å². The van der Waals surface area contributed by atoms with Crippen molar-refractivity contribution >= 4 is 23.2 Å². The molecular formula is C9H11Cl2NO. The lowest BCUT2D eigenvalue weighted by Crippen LogP contribution is -2.01. The van der Waals surface area contributed by atoms with Crippen molar-refractivity contribution in [1.29, 1.82) is 0 Å². The first-order valence-corrected chi connectivity index (χ1v) is 4.83. The maximum Gasteiger partial charge on any atom is 0.131 e. The Morgan fingerprint density at radius 1 is 1.38 bits per heavy atom. The van der Waals surface area contributed by atoms with E-state index in [9.17, 15) is 0 Å². The first-order valence-electron chi connectivity index (χ1n) is 4.08. The highest BCUT2D eigenvalue weighted by Gasteiger charge is 2.01. The third-order valence-corrected chi connectivity index (χ3v) is 2.06. The van der Waals surface area contributed by atoms with Crippen LogP contribution in [0.3, 0.4) is 0 Å². The standard InChI is InChI=1S/C9H11Cl2NO/c1-6(13)2-3-7-4-8(10)12-9(11)5-7/h4-6,13H,2-3H2,1H3/t6-/m0/s1. The van der Waals surface area contributed by atoms with Gasteiger partial charge in [-0.25, -0.2) is 4.98 Å². The van der Waals surface area contributed by atoms with Crippen LogP contribution in [-0.4, -0.2) is 16.2 Å². The monoisotopic (exact) mass is 219 g/mol. The molecule has 0 aliphatic carbocycles. The molecule has 0 aromatic carbocycles. The van der Waals surface area contributed by atoms with E-state index in [4.69, 9.17) is 28.3 Å². The fourth-order valence-corrected chi connectivity index (χ4v) is 1.54. The molecular weight excluding hydrogens is 209 g/mol. The summed E-state index contributed by atoms with van der Waals surface area (Å²) in [7, 11) is 0. The minimum Gasteiger partial charge on any atom is -0.393 e. The number of pyridine rings is 1. The van der Waals surface area contributed by atoms with Gasteiger partial charge in [-0.05, 0) is 37.5 Å². The van der Waals surface area contributed by atoms with Gasteiger partial charge in [0.2, 0.25) is 0 Å². The van der Waals surface area contributed by atoms with Gasteiger partial charge >= 0.3 is 0 Å². The van der Waals surface area contributed by atoms with Gasteiger partial charge in [-0.3, -0.25) is 0 Å². The second-order valence-corrected chi connectivity index (χ2v) is 3.78. The second kappa shape index (κ2) is 4.80. The van der Waals surface area contributed by atoms with E-state index in [-0.39, 0.29) is 6.10 Å². The van der Waals surface area contributed by atoms with E-state index in [0.717, 1.165) is 12.0 Å². The molecule has 0 saturated carbocycles. The molecule has 1 atom stereocenters. The third kappa shape index (κ3) is 3.94. The minimum absolute atomic E-state index is 0.300. The van der Waals surface area contributed by atoms with Gasteiger partial charge in [-0.2, -0.15) is 0 Å². The number of aliphatic hydroxyl groups is 1. The predicted octanol–water partition coefficient (Wildman–Crippen LogP) is 2.70. The van der Waals surface area contributed by atoms with Crippen molar-refractivity contribution in [3.63, 3.8) is 0 Å². The number of hydrogen-bond donors (Lipinski definition) is 1. The van der Waals surface area contributed by atoms with Crippen LogP contribution < -0.4 is 0 Å². The first-order chi connectivity index (χ1) is 6.08. The summed E-state index contributed by atoms with van der Waals surface area (Å²) in [5.74, 6) is 0. The molecule has 4 heteroatoms. The highest BCUT2D eigenvalue weighted by Crippen LogP contribution is 2.16. The Balaban J connectivity index is 2.66. The zero-order chi connectivity index (χ0) is 9.84. The molecule has 0 aliphatic heterocycles. The number of hydrogen-bond acceptors (Lipinski definition) is 2. The largest absolute Gasteiger partial charge is 0.393 e. The number of aromatic nitrogens is 1. The molecule has 0 fully saturated rings. The summed E-state index contributed by atoms with van der Waals surface area (Å²) in [6.07, 6.45) is 1.17. The number of aryl methyl sites for hydroxylation is 1. The van der Waals surface area contributed by atoms with Gasteiger partial charge in [-0.1, -0.05) is 23.2 Å². The van der Waals surface area contributed by atoms with Crippen LogP contribution in [0.4, 0.5) is 0 Å². The molecule has 2 nitrogen and oxygen atoms in total. The van der Waals surface area contributed by atoms with Gasteiger partial charge < -0.3 is 5.11 Å². The van der Waals surface area contributed by atoms with Crippen molar-refractivity contribution in [3.05, 3.63) is 28.0 Å². The van der Waals surface area contributed by atoms with Crippen LogP contribution >= 0.6 is 23.2 Å². The summed E-state index contributed by atoms with van der Waals surface area (Å²) < 4.78 is 0. The molecule has 0 unspecified atom stereocenters. The van der Waals surface area contributed by atoms with Crippen LogP contribution in [0, 0.1) is 0 Å². The highest BCUT2D eigenvalue weighted by molar-refractivity contribution is 6.32. The van der Waals surface area contributed by atoms with Gasteiger partial charge in [-0.15, -0.1) is 0 Å². The number of nitrogens with zero attached hydrogens (tertiary/aromatic N) is 1. The fraction of sp³-hybridized carbons (Fsp3) is 0.444. The van der Waals surface area contributed by atoms with Gasteiger partial charge in [0.25, 0.3) is 0 Å². The topological polar surface area (TPSA) is 33.1 Å². The average Bonchev–Trinajstić information content (AvgIpc) is 1.99. The summed E-state index contributed by atoms with van der Waals surface area (Å²) in [5, 5.41) is 9.86. The second-order valence-electron chi connectivity index (χ2n) is 3.01. The van der Waals surface area contributed by atoms with Crippen molar-refractivity contribution in [2.45, 2.75) is 25.9 Å². The Labute approximate surface area is 87.5 Å². The van der Waals surface area contributed by atoms with Crippen LogP contribution in [0.1, 0.15) is 18.9 Å². The zero-order valence-corrected chi connectivity index (χ0v) is 8.81. The van der Waals surface area contributed by atoms with Crippen LogP contribution in [0.15, 0.2) is 12.1 Å². The average molecular weight is 220 g/mol. The fourth-order valence-electron chi connectivity index (χ4n) is 1.03. The Hall–Kier alpha value is -0.310. The molecule has 0 spiro atoms. The third-order valence-electron chi connectivity index (χ3n) is 1.67. The normalized spacial score (nSPS) is 12.9. The summed E-state index contributed by atoms with van der Waals surface area (Å²) in [6.45, 7) is 1.75. The van der Waals surface area contributed by atoms with Gasteiger partial charge in [0.15, 0.2) is 0 Å². The maximum absolute atomic E-state index is 9.07. The predicted molar refractivity (Wildman–Crippen MR) is 54.3 cm³/mol. The van der Waals surface area contributed by atoms with Crippen molar-refractivity contribution in [2.24, 2.45) is 0 Å². The van der Waals surface area contributed by atoms with Crippen LogP contribution in [-0.2, 0) is 6.42 Å². The highest BCUT2D eigenvalue weighted by atomic mass is 35.5. The smallest absolute Gasteiger partial charge is 0.131 e. The van der Waals surface area contributed by atoms with E-state index < -0.39 is 0 Å². The van der Waals surface area contributed by atoms with Crippen molar-refractivity contribution < 1.29 is 5.11 Å². The number of rotatable bonds is 3. The van der Waals surface area contributed by atoms with Crippen molar-refractivity contribution in [3.8, 4) is 0 Å². The van der Waals surface area contributed by atoms with Crippen LogP contribution in [0.2, 0.25) is 10.3 Å². The summed E-state index contributed by atoms with van der Waals surface area (Å²) in [5.41, 5.74) is 1.01. The molecule has 0 radical (unpaired) electrons. The Kier molecular flexibility index (Phi) is 3.97. The molecule has 72 valence electrons. The molecule has 0 saturated heterocycles. The molecule has 1 aromatic rings. The SMILES string of the molecule is C[C@H](O)CCc1cc(Cl)nc(Cl)c1. The minimum atomic E-state index is -0.300. The summed E-state index contributed by atoms with van der Waals surface area (Å²) in [4.78, 5) is 3.83.